The predicted molar refractivity (Wildman–Crippen MR) is 139 cm³/mol. The van der Waals surface area contributed by atoms with Crippen molar-refractivity contribution in [3.8, 4) is 0 Å². The fourth-order valence-corrected chi connectivity index (χ4v) is 7.85. The Hall–Kier alpha value is -2.65. The quantitative estimate of drug-likeness (QED) is 0.411. The Morgan fingerprint density at radius 3 is 1.80 bits per heavy atom. The van der Waals surface area contributed by atoms with Crippen LogP contribution in [0, 0.1) is 0 Å². The van der Waals surface area contributed by atoms with Crippen molar-refractivity contribution >= 4 is 27.8 Å². The van der Waals surface area contributed by atoms with Crippen LogP contribution in [0.25, 0.3) is 0 Å². The van der Waals surface area contributed by atoms with E-state index in [4.69, 9.17) is 9.84 Å². The fourth-order valence-electron chi connectivity index (χ4n) is 4.74. The highest BCUT2D eigenvalue weighted by molar-refractivity contribution is 8.01. The van der Waals surface area contributed by atoms with Crippen LogP contribution in [-0.4, -0.2) is 61.1 Å². The average Bonchev–Trinajstić information content (AvgIpc) is 3.27. The highest BCUT2D eigenvalue weighted by Gasteiger charge is 2.45. The molecule has 1 N–H and O–H groups in total. The van der Waals surface area contributed by atoms with Gasteiger partial charge in [-0.3, -0.25) is 0 Å². The van der Waals surface area contributed by atoms with Crippen molar-refractivity contribution in [2.24, 2.45) is 0 Å². The summed E-state index contributed by atoms with van der Waals surface area (Å²) in [6.45, 7) is -0.0712. The van der Waals surface area contributed by atoms with Gasteiger partial charge in [0.25, 0.3) is 0 Å². The number of carboxylic acid groups (broad SMARTS) is 1. The second-order valence-corrected chi connectivity index (χ2v) is 12.1. The molecule has 0 saturated carbocycles. The van der Waals surface area contributed by atoms with Crippen LogP contribution in [-0.2, 0) is 24.3 Å². The average molecular weight is 512 g/mol. The number of rotatable bonds is 10. The third-order valence-electron chi connectivity index (χ3n) is 6.17. The van der Waals surface area contributed by atoms with E-state index < -0.39 is 33.4 Å². The fraction of sp³-hybridized carbons (Fsp3) is 0.296. The van der Waals surface area contributed by atoms with Gasteiger partial charge >= 0.3 is 5.97 Å². The third-order valence-corrected chi connectivity index (χ3v) is 9.21. The lowest BCUT2D eigenvalue weighted by Gasteiger charge is -2.37. The van der Waals surface area contributed by atoms with Gasteiger partial charge in [0.15, 0.2) is 0 Å². The van der Waals surface area contributed by atoms with E-state index in [0.717, 1.165) is 16.7 Å². The van der Waals surface area contributed by atoms with Crippen molar-refractivity contribution < 1.29 is 23.1 Å². The molecular formula is C27H29NO5S2. The predicted octanol–water partition coefficient (Wildman–Crippen LogP) is 4.22. The first-order valence-electron chi connectivity index (χ1n) is 11.4. The topological polar surface area (TPSA) is 83.9 Å². The second kappa shape index (κ2) is 11.0. The molecule has 35 heavy (non-hydrogen) atoms. The van der Waals surface area contributed by atoms with Crippen LogP contribution in [0.1, 0.15) is 23.1 Å². The van der Waals surface area contributed by atoms with E-state index >= 15 is 0 Å². The van der Waals surface area contributed by atoms with Gasteiger partial charge in [-0.15, -0.1) is 11.8 Å². The van der Waals surface area contributed by atoms with Crippen LogP contribution in [0.3, 0.4) is 0 Å². The molecule has 1 aliphatic rings. The maximum Gasteiger partial charge on any atom is 0.329 e. The van der Waals surface area contributed by atoms with E-state index in [2.05, 4.69) is 36.4 Å². The van der Waals surface area contributed by atoms with Crippen molar-refractivity contribution in [2.45, 2.75) is 22.5 Å². The maximum absolute atomic E-state index is 12.6. The number of sulfonamides is 1. The molecule has 0 spiro atoms. The molecule has 1 aliphatic heterocycles. The van der Waals surface area contributed by atoms with Crippen molar-refractivity contribution in [2.75, 3.05) is 26.0 Å². The van der Waals surface area contributed by atoms with Crippen LogP contribution in [0.5, 0.6) is 0 Å². The van der Waals surface area contributed by atoms with Gasteiger partial charge in [-0.05, 0) is 23.1 Å². The number of hydrogen-bond donors (Lipinski definition) is 1. The molecule has 1 fully saturated rings. The van der Waals surface area contributed by atoms with Gasteiger partial charge in [0.2, 0.25) is 10.0 Å². The lowest BCUT2D eigenvalue weighted by molar-refractivity contribution is -0.142. The Balaban J connectivity index is 1.76. The second-order valence-electron chi connectivity index (χ2n) is 8.65. The highest BCUT2D eigenvalue weighted by atomic mass is 32.2. The van der Waals surface area contributed by atoms with E-state index in [0.29, 0.717) is 13.0 Å². The number of benzene rings is 3. The lowest BCUT2D eigenvalue weighted by Crippen LogP contribution is -2.38. The molecule has 0 amide bonds. The van der Waals surface area contributed by atoms with Gasteiger partial charge in [-0.1, -0.05) is 91.0 Å². The van der Waals surface area contributed by atoms with E-state index in [9.17, 15) is 13.2 Å². The van der Waals surface area contributed by atoms with Gasteiger partial charge in [-0.2, -0.15) is 4.31 Å². The molecule has 0 aliphatic carbocycles. The number of hydrogen-bond acceptors (Lipinski definition) is 5. The molecule has 0 unspecified atom stereocenters. The van der Waals surface area contributed by atoms with E-state index in [-0.39, 0.29) is 11.9 Å². The molecule has 8 heteroatoms. The minimum absolute atomic E-state index is 0.0382. The van der Waals surface area contributed by atoms with Crippen LogP contribution in [0.15, 0.2) is 91.0 Å². The van der Waals surface area contributed by atoms with Gasteiger partial charge in [0, 0.05) is 17.8 Å². The van der Waals surface area contributed by atoms with E-state index in [1.54, 1.807) is 11.8 Å². The Morgan fingerprint density at radius 1 is 0.943 bits per heavy atom. The number of ether oxygens (including phenoxy) is 1. The molecule has 1 heterocycles. The number of aliphatic carboxylic acids is 1. The Labute approximate surface area is 211 Å². The summed E-state index contributed by atoms with van der Waals surface area (Å²) < 4.78 is 31.4. The summed E-state index contributed by atoms with van der Waals surface area (Å²) in [5.41, 5.74) is 3.33. The molecule has 0 aromatic heterocycles. The van der Waals surface area contributed by atoms with E-state index in [1.807, 2.05) is 54.6 Å². The molecule has 0 radical (unpaired) electrons. The molecule has 0 bridgehead atoms. The van der Waals surface area contributed by atoms with E-state index in [1.165, 1.54) is 10.6 Å². The number of carboxylic acids is 1. The monoisotopic (exact) mass is 511 g/mol. The summed E-state index contributed by atoms with van der Waals surface area (Å²) in [6.07, 6.45) is 1.76. The van der Waals surface area contributed by atoms with Crippen LogP contribution in [0.2, 0.25) is 0 Å². The molecule has 1 saturated heterocycles. The zero-order valence-corrected chi connectivity index (χ0v) is 21.1. The van der Waals surface area contributed by atoms with Gasteiger partial charge in [0.05, 0.1) is 17.6 Å². The van der Waals surface area contributed by atoms with Crippen molar-refractivity contribution in [1.82, 2.24) is 4.31 Å². The first kappa shape index (κ1) is 25.4. The van der Waals surface area contributed by atoms with Crippen LogP contribution in [0.4, 0.5) is 0 Å². The van der Waals surface area contributed by atoms with Crippen molar-refractivity contribution in [1.29, 1.82) is 0 Å². The molecule has 2 atom stereocenters. The summed E-state index contributed by atoms with van der Waals surface area (Å²) in [6, 6.07) is 30.4. The highest BCUT2D eigenvalue weighted by Crippen LogP contribution is 2.52. The standard InChI is InChI=1S/C27H29NO5S2/c1-35(31,32)28-18-25(17-24(28)19-33-20-26(29)30)34-27(21-11-5-2-6-12-21,22-13-7-3-8-14-22)23-15-9-4-10-16-23/h2-16,24-25H,17-20H2,1H3,(H,29,30)/t24-,25+/m0/s1. The van der Waals surface area contributed by atoms with Gasteiger partial charge in [-0.25, -0.2) is 13.2 Å². The zero-order chi connectivity index (χ0) is 24.9. The number of thioether (sulfide) groups is 1. The third kappa shape index (κ3) is 5.78. The van der Waals surface area contributed by atoms with Crippen LogP contribution >= 0.6 is 11.8 Å². The summed E-state index contributed by atoms with van der Waals surface area (Å²) in [7, 11) is -3.49. The molecule has 4 rings (SSSR count). The van der Waals surface area contributed by atoms with Crippen molar-refractivity contribution in [3.63, 3.8) is 0 Å². The van der Waals surface area contributed by atoms with Gasteiger partial charge in [0.1, 0.15) is 6.61 Å². The largest absolute Gasteiger partial charge is 0.480 e. The van der Waals surface area contributed by atoms with Crippen molar-refractivity contribution in [3.05, 3.63) is 108 Å². The minimum atomic E-state index is -3.49. The smallest absolute Gasteiger partial charge is 0.329 e. The Bertz CT molecular complexity index is 1120. The Kier molecular flexibility index (Phi) is 7.96. The number of carbonyl (C=O) groups is 1. The minimum Gasteiger partial charge on any atom is -0.480 e. The Morgan fingerprint density at radius 2 is 1.40 bits per heavy atom. The first-order valence-corrected chi connectivity index (χ1v) is 14.1. The molecule has 3 aromatic carbocycles. The molecule has 3 aromatic rings. The lowest BCUT2D eigenvalue weighted by atomic mass is 9.84. The molecular weight excluding hydrogens is 482 g/mol. The van der Waals surface area contributed by atoms with Gasteiger partial charge < -0.3 is 9.84 Å². The maximum atomic E-state index is 12.6. The summed E-state index contributed by atoms with van der Waals surface area (Å²) in [5, 5.41) is 8.90. The normalized spacial score (nSPS) is 19.0. The summed E-state index contributed by atoms with van der Waals surface area (Å²) >= 11 is 1.74. The SMILES string of the molecule is CS(=O)(=O)N1C[C@H](SC(c2ccccc2)(c2ccccc2)c2ccccc2)C[C@H]1COCC(=O)O. The molecule has 6 nitrogen and oxygen atoms in total. The summed E-state index contributed by atoms with van der Waals surface area (Å²) in [5.74, 6) is -1.07. The molecule has 184 valence electrons. The zero-order valence-electron chi connectivity index (χ0n) is 19.5. The first-order chi connectivity index (χ1) is 16.8. The summed E-state index contributed by atoms with van der Waals surface area (Å²) in [4.78, 5) is 10.9. The number of nitrogens with zero attached hydrogens (tertiary/aromatic N) is 1. The van der Waals surface area contributed by atoms with Crippen LogP contribution < -0.4 is 0 Å².